The molecule has 2 rings (SSSR count). The Morgan fingerprint density at radius 1 is 1.26 bits per heavy atom. The van der Waals surface area contributed by atoms with Gasteiger partial charge < -0.3 is 5.32 Å². The number of hydrogen-bond donors (Lipinski definition) is 2. The molecule has 1 aromatic heterocycles. The van der Waals surface area contributed by atoms with Crippen molar-refractivity contribution < 1.29 is 4.92 Å². The monoisotopic (exact) mass is 332 g/mol. The fourth-order valence-corrected chi connectivity index (χ4v) is 2.16. The highest BCUT2D eigenvalue weighted by Gasteiger charge is 2.08. The Hall–Kier alpha value is -2.81. The van der Waals surface area contributed by atoms with Crippen LogP contribution in [0.15, 0.2) is 30.3 Å². The summed E-state index contributed by atoms with van der Waals surface area (Å²) in [6.07, 6.45) is 0. The summed E-state index contributed by atoms with van der Waals surface area (Å²) in [5, 5.41) is 15.6. The van der Waals surface area contributed by atoms with E-state index in [1.807, 2.05) is 19.9 Å². The number of benzene rings is 1. The second-order valence-corrected chi connectivity index (χ2v) is 5.25. The van der Waals surface area contributed by atoms with Crippen molar-refractivity contribution in [3.8, 4) is 0 Å². The first-order chi connectivity index (χ1) is 10.8. The number of rotatable bonds is 4. The van der Waals surface area contributed by atoms with Gasteiger partial charge in [0.1, 0.15) is 5.82 Å². The molecule has 0 aliphatic carbocycles. The number of nitro groups is 1. The first-order valence-corrected chi connectivity index (χ1v) is 7.14. The predicted octanol–water partition coefficient (Wildman–Crippen LogP) is 2.34. The van der Waals surface area contributed by atoms with E-state index in [1.165, 1.54) is 12.1 Å². The van der Waals surface area contributed by atoms with E-state index in [4.69, 9.17) is 12.2 Å². The van der Waals surface area contributed by atoms with E-state index in [0.29, 0.717) is 22.4 Å². The lowest BCUT2D eigenvalue weighted by Gasteiger charge is -2.21. The molecule has 0 saturated carbocycles. The molecule has 2 N–H and O–H groups in total. The maximum atomic E-state index is 10.6. The van der Waals surface area contributed by atoms with E-state index in [1.54, 1.807) is 24.2 Å². The van der Waals surface area contributed by atoms with E-state index >= 15 is 0 Å². The summed E-state index contributed by atoms with van der Waals surface area (Å²) in [5.74, 6) is 1.35. The quantitative estimate of drug-likeness (QED) is 0.500. The summed E-state index contributed by atoms with van der Waals surface area (Å²) in [5.41, 5.74) is 4.50. The van der Waals surface area contributed by atoms with Gasteiger partial charge in [0.25, 0.3) is 5.69 Å². The smallest absolute Gasteiger partial charge is 0.269 e. The number of nitrogens with zero attached hydrogens (tertiary/aromatic N) is 4. The van der Waals surface area contributed by atoms with Crippen molar-refractivity contribution in [3.05, 3.63) is 52.0 Å². The molecule has 0 unspecified atom stereocenters. The second-order valence-electron chi connectivity index (χ2n) is 4.84. The predicted molar refractivity (Wildman–Crippen MR) is 92.4 cm³/mol. The van der Waals surface area contributed by atoms with Crippen molar-refractivity contribution in [1.29, 1.82) is 0 Å². The number of aryl methyl sites for hydroxylation is 2. The highest BCUT2D eigenvalue weighted by Crippen LogP contribution is 2.15. The topological polar surface area (TPSA) is 96.2 Å². The third-order valence-corrected chi connectivity index (χ3v) is 3.09. The van der Waals surface area contributed by atoms with E-state index < -0.39 is 4.92 Å². The first-order valence-electron chi connectivity index (χ1n) is 6.73. The fraction of sp³-hybridized carbons (Fsp3) is 0.214. The molecule has 0 aliphatic heterocycles. The fourth-order valence-electron chi connectivity index (χ4n) is 1.90. The molecule has 0 radical (unpaired) electrons. The molecule has 0 fully saturated rings. The lowest BCUT2D eigenvalue weighted by molar-refractivity contribution is -0.384. The molecule has 0 bridgehead atoms. The maximum absolute atomic E-state index is 10.6. The highest BCUT2D eigenvalue weighted by atomic mass is 32.1. The van der Waals surface area contributed by atoms with Gasteiger partial charge in [-0.2, -0.15) is 0 Å². The summed E-state index contributed by atoms with van der Waals surface area (Å²) >= 11 is 5.22. The molecule has 2 aromatic rings. The Bertz CT molecular complexity index is 714. The van der Waals surface area contributed by atoms with Crippen LogP contribution >= 0.6 is 12.2 Å². The van der Waals surface area contributed by atoms with Gasteiger partial charge in [0.2, 0.25) is 0 Å². The van der Waals surface area contributed by atoms with Crippen molar-refractivity contribution in [2.24, 2.45) is 0 Å². The zero-order chi connectivity index (χ0) is 17.0. The Morgan fingerprint density at radius 2 is 1.91 bits per heavy atom. The summed E-state index contributed by atoms with van der Waals surface area (Å²) in [4.78, 5) is 18.7. The molecule has 8 nitrogen and oxygen atoms in total. The van der Waals surface area contributed by atoms with Crippen molar-refractivity contribution in [2.45, 2.75) is 13.8 Å². The average molecular weight is 332 g/mol. The van der Waals surface area contributed by atoms with Crippen LogP contribution in [-0.2, 0) is 0 Å². The second kappa shape index (κ2) is 6.97. The summed E-state index contributed by atoms with van der Waals surface area (Å²) in [6, 6.07) is 7.82. The third-order valence-electron chi connectivity index (χ3n) is 2.90. The average Bonchev–Trinajstić information content (AvgIpc) is 2.46. The molecule has 1 heterocycles. The number of aromatic nitrogens is 2. The number of non-ortho nitro benzene ring substituents is 1. The molecular formula is C14H16N6O2S. The number of nitrogens with one attached hydrogen (secondary N) is 2. The van der Waals surface area contributed by atoms with Gasteiger partial charge in [0, 0.05) is 36.6 Å². The van der Waals surface area contributed by atoms with Crippen LogP contribution in [0.25, 0.3) is 0 Å². The molecule has 0 aliphatic rings. The van der Waals surface area contributed by atoms with Crippen LogP contribution < -0.4 is 15.8 Å². The zero-order valence-corrected chi connectivity index (χ0v) is 13.7. The minimum atomic E-state index is -0.450. The standard InChI is InChI=1S/C14H16N6O2S/c1-9-8-13(16-10(2)15-9)19(3)18-14(23)17-11-4-6-12(7-5-11)20(21)22/h4-8H,1-3H3,(H2,17,18,23). The summed E-state index contributed by atoms with van der Waals surface area (Å²) in [6.45, 7) is 3.71. The van der Waals surface area contributed by atoms with Gasteiger partial charge >= 0.3 is 0 Å². The van der Waals surface area contributed by atoms with Crippen LogP contribution in [0.1, 0.15) is 11.5 Å². The van der Waals surface area contributed by atoms with Crippen LogP contribution in [-0.4, -0.2) is 27.1 Å². The number of thiocarbonyl (C=S) groups is 1. The van der Waals surface area contributed by atoms with E-state index in [9.17, 15) is 10.1 Å². The Balaban J connectivity index is 1.99. The summed E-state index contributed by atoms with van der Waals surface area (Å²) in [7, 11) is 1.78. The highest BCUT2D eigenvalue weighted by molar-refractivity contribution is 7.80. The largest absolute Gasteiger partial charge is 0.331 e. The molecule has 120 valence electrons. The number of hydrazine groups is 1. The van der Waals surface area contributed by atoms with Crippen LogP contribution in [0.5, 0.6) is 0 Å². The van der Waals surface area contributed by atoms with Gasteiger partial charge in [-0.05, 0) is 38.2 Å². The van der Waals surface area contributed by atoms with Gasteiger partial charge in [-0.3, -0.25) is 20.5 Å². The van der Waals surface area contributed by atoms with Gasteiger partial charge in [-0.25, -0.2) is 9.97 Å². The molecule has 0 spiro atoms. The number of nitro benzene ring substituents is 1. The molecule has 23 heavy (non-hydrogen) atoms. The van der Waals surface area contributed by atoms with E-state index in [2.05, 4.69) is 20.7 Å². The Morgan fingerprint density at radius 3 is 2.48 bits per heavy atom. The van der Waals surface area contributed by atoms with Crippen LogP contribution in [0.3, 0.4) is 0 Å². The molecule has 0 saturated heterocycles. The number of anilines is 2. The van der Waals surface area contributed by atoms with Crippen LogP contribution in [0, 0.1) is 24.0 Å². The summed E-state index contributed by atoms with van der Waals surface area (Å²) < 4.78 is 0. The lowest BCUT2D eigenvalue weighted by atomic mass is 10.3. The van der Waals surface area contributed by atoms with Gasteiger partial charge in [0.15, 0.2) is 10.9 Å². The maximum Gasteiger partial charge on any atom is 0.269 e. The molecular weight excluding hydrogens is 316 g/mol. The normalized spacial score (nSPS) is 10.0. The molecule has 1 aromatic carbocycles. The van der Waals surface area contributed by atoms with Crippen molar-refractivity contribution in [2.75, 3.05) is 17.4 Å². The lowest BCUT2D eigenvalue weighted by Crippen LogP contribution is -2.42. The third kappa shape index (κ3) is 4.58. The zero-order valence-electron chi connectivity index (χ0n) is 12.9. The number of hydrogen-bond acceptors (Lipinski definition) is 6. The van der Waals surface area contributed by atoms with Gasteiger partial charge in [-0.1, -0.05) is 0 Å². The van der Waals surface area contributed by atoms with Crippen molar-refractivity contribution >= 4 is 34.5 Å². The SMILES string of the molecule is Cc1cc(N(C)NC(=S)Nc2ccc([N+](=O)[O-])cc2)nc(C)n1. The first kappa shape index (κ1) is 16.6. The molecule has 9 heteroatoms. The molecule has 0 amide bonds. The molecule has 0 atom stereocenters. The van der Waals surface area contributed by atoms with E-state index in [-0.39, 0.29) is 5.69 Å². The van der Waals surface area contributed by atoms with Crippen molar-refractivity contribution in [1.82, 2.24) is 15.4 Å². The van der Waals surface area contributed by atoms with Crippen molar-refractivity contribution in [3.63, 3.8) is 0 Å². The van der Waals surface area contributed by atoms with E-state index in [0.717, 1.165) is 5.69 Å². The Kier molecular flexibility index (Phi) is 5.02. The van der Waals surface area contributed by atoms with Crippen LogP contribution in [0.4, 0.5) is 17.2 Å². The minimum Gasteiger partial charge on any atom is -0.331 e. The van der Waals surface area contributed by atoms with Gasteiger partial charge in [-0.15, -0.1) is 0 Å². The van der Waals surface area contributed by atoms with Gasteiger partial charge in [0.05, 0.1) is 4.92 Å². The van der Waals surface area contributed by atoms with Crippen LogP contribution in [0.2, 0.25) is 0 Å². The minimum absolute atomic E-state index is 0.0264. The Labute approximate surface area is 138 Å².